The number of anilines is 2. The van der Waals surface area contributed by atoms with E-state index in [1.807, 2.05) is 37.4 Å². The Morgan fingerprint density at radius 1 is 1.12 bits per heavy atom. The average molecular weight is 474 g/mol. The molecule has 1 atom stereocenters. The Labute approximate surface area is 198 Å². The van der Waals surface area contributed by atoms with Crippen molar-refractivity contribution in [2.45, 2.75) is 32.7 Å². The van der Waals surface area contributed by atoms with Gasteiger partial charge >= 0.3 is 0 Å². The van der Waals surface area contributed by atoms with Gasteiger partial charge < -0.3 is 29.3 Å². The van der Waals surface area contributed by atoms with E-state index in [1.54, 1.807) is 11.0 Å². The summed E-state index contributed by atoms with van der Waals surface area (Å²) in [5, 5.41) is 4.89. The zero-order valence-corrected chi connectivity index (χ0v) is 20.0. The van der Waals surface area contributed by atoms with Crippen LogP contribution < -0.4 is 19.7 Å². The van der Waals surface area contributed by atoms with Crippen LogP contribution in [0, 0.1) is 0 Å². The van der Waals surface area contributed by atoms with Crippen LogP contribution in [-0.2, 0) is 9.53 Å². The number of amides is 2. The Kier molecular flexibility index (Phi) is 7.72. The SMILES string of the molecule is CCOc1cc(N2CCOCC2)c(OCC)cc1NC(=O)[C@@H]1CCCN1C(=O)c1cccs1. The first-order chi connectivity index (χ1) is 16.1. The molecule has 8 nitrogen and oxygen atoms in total. The molecule has 2 aromatic rings. The number of carbonyl (C=O) groups excluding carboxylic acids is 2. The van der Waals surface area contributed by atoms with E-state index >= 15 is 0 Å². The minimum absolute atomic E-state index is 0.0923. The first-order valence-electron chi connectivity index (χ1n) is 11.5. The molecule has 2 aliphatic rings. The van der Waals surface area contributed by atoms with Crippen LogP contribution in [0.25, 0.3) is 0 Å². The van der Waals surface area contributed by atoms with Gasteiger partial charge in [-0.15, -0.1) is 11.3 Å². The summed E-state index contributed by atoms with van der Waals surface area (Å²) in [6.07, 6.45) is 1.44. The number of hydrogen-bond acceptors (Lipinski definition) is 7. The van der Waals surface area contributed by atoms with E-state index in [1.165, 1.54) is 11.3 Å². The van der Waals surface area contributed by atoms with Crippen molar-refractivity contribution < 1.29 is 23.8 Å². The third-order valence-corrected chi connectivity index (χ3v) is 6.68. The van der Waals surface area contributed by atoms with Crippen LogP contribution in [0.4, 0.5) is 11.4 Å². The molecule has 2 aliphatic heterocycles. The van der Waals surface area contributed by atoms with E-state index in [9.17, 15) is 9.59 Å². The fourth-order valence-electron chi connectivity index (χ4n) is 4.28. The Balaban J connectivity index is 1.58. The van der Waals surface area contributed by atoms with Crippen molar-refractivity contribution in [3.05, 3.63) is 34.5 Å². The van der Waals surface area contributed by atoms with Gasteiger partial charge in [0.2, 0.25) is 5.91 Å². The minimum Gasteiger partial charge on any atom is -0.492 e. The van der Waals surface area contributed by atoms with Gasteiger partial charge in [-0.25, -0.2) is 0 Å². The third kappa shape index (κ3) is 5.25. The molecule has 2 amide bonds. The molecule has 0 bridgehead atoms. The molecular formula is C24H31N3O5S. The molecule has 0 aliphatic carbocycles. The van der Waals surface area contributed by atoms with Gasteiger partial charge in [0.1, 0.15) is 17.5 Å². The second-order valence-corrected chi connectivity index (χ2v) is 8.85. The average Bonchev–Trinajstić information content (AvgIpc) is 3.54. The molecule has 1 aromatic heterocycles. The molecule has 2 saturated heterocycles. The highest BCUT2D eigenvalue weighted by Gasteiger charge is 2.35. The first kappa shape index (κ1) is 23.4. The maximum Gasteiger partial charge on any atom is 0.264 e. The molecule has 9 heteroatoms. The van der Waals surface area contributed by atoms with E-state index in [0.717, 1.165) is 25.2 Å². The molecule has 0 unspecified atom stereocenters. The van der Waals surface area contributed by atoms with Crippen molar-refractivity contribution in [1.82, 2.24) is 4.90 Å². The highest BCUT2D eigenvalue weighted by atomic mass is 32.1. The van der Waals surface area contributed by atoms with Gasteiger partial charge in [0.15, 0.2) is 0 Å². The summed E-state index contributed by atoms with van der Waals surface area (Å²) < 4.78 is 17.3. The first-order valence-corrected chi connectivity index (χ1v) is 12.4. The fraction of sp³-hybridized carbons (Fsp3) is 0.500. The van der Waals surface area contributed by atoms with Gasteiger partial charge in [-0.05, 0) is 38.1 Å². The summed E-state index contributed by atoms with van der Waals surface area (Å²) in [5.41, 5.74) is 1.48. The second-order valence-electron chi connectivity index (χ2n) is 7.90. The van der Waals surface area contributed by atoms with Crippen LogP contribution in [0.2, 0.25) is 0 Å². The number of nitrogens with one attached hydrogen (secondary N) is 1. The summed E-state index contributed by atoms with van der Waals surface area (Å²) in [5.74, 6) is 0.978. The normalized spacial score (nSPS) is 18.3. The highest BCUT2D eigenvalue weighted by molar-refractivity contribution is 7.12. The van der Waals surface area contributed by atoms with E-state index in [-0.39, 0.29) is 11.8 Å². The van der Waals surface area contributed by atoms with Gasteiger partial charge in [-0.1, -0.05) is 6.07 Å². The maximum atomic E-state index is 13.3. The number of ether oxygens (including phenoxy) is 3. The second kappa shape index (κ2) is 10.9. The molecule has 1 N–H and O–H groups in total. The predicted molar refractivity (Wildman–Crippen MR) is 129 cm³/mol. The fourth-order valence-corrected chi connectivity index (χ4v) is 4.96. The maximum absolute atomic E-state index is 13.3. The molecule has 1 aromatic carbocycles. The number of benzene rings is 1. The topological polar surface area (TPSA) is 80.3 Å². The number of hydrogen-bond donors (Lipinski definition) is 1. The molecule has 3 heterocycles. The molecule has 0 saturated carbocycles. The largest absolute Gasteiger partial charge is 0.492 e. The zero-order valence-electron chi connectivity index (χ0n) is 19.2. The summed E-state index contributed by atoms with van der Waals surface area (Å²) >= 11 is 1.39. The molecule has 2 fully saturated rings. The van der Waals surface area contributed by atoms with Gasteiger partial charge in [0.25, 0.3) is 5.91 Å². The van der Waals surface area contributed by atoms with Crippen molar-refractivity contribution in [2.24, 2.45) is 0 Å². The van der Waals surface area contributed by atoms with Crippen molar-refractivity contribution in [1.29, 1.82) is 0 Å². The number of thiophene rings is 1. The summed E-state index contributed by atoms with van der Waals surface area (Å²) in [6, 6.07) is 6.90. The van der Waals surface area contributed by atoms with Crippen LogP contribution >= 0.6 is 11.3 Å². The lowest BCUT2D eigenvalue weighted by atomic mass is 10.1. The van der Waals surface area contributed by atoms with E-state index in [4.69, 9.17) is 14.2 Å². The molecule has 0 spiro atoms. The summed E-state index contributed by atoms with van der Waals surface area (Å²) in [4.78, 5) is 30.7. The smallest absolute Gasteiger partial charge is 0.264 e. The van der Waals surface area contributed by atoms with Crippen LogP contribution in [0.1, 0.15) is 36.4 Å². The monoisotopic (exact) mass is 473 g/mol. The van der Waals surface area contributed by atoms with Gasteiger partial charge in [0, 0.05) is 31.8 Å². The van der Waals surface area contributed by atoms with Crippen molar-refractivity contribution in [3.63, 3.8) is 0 Å². The highest BCUT2D eigenvalue weighted by Crippen LogP contribution is 2.39. The molecular weight excluding hydrogens is 442 g/mol. The lowest BCUT2D eigenvalue weighted by Gasteiger charge is -2.31. The lowest BCUT2D eigenvalue weighted by molar-refractivity contribution is -0.119. The molecule has 33 heavy (non-hydrogen) atoms. The van der Waals surface area contributed by atoms with E-state index in [0.29, 0.717) is 61.5 Å². The zero-order chi connectivity index (χ0) is 23.2. The van der Waals surface area contributed by atoms with Crippen LogP contribution in [-0.4, -0.2) is 68.8 Å². The molecule has 0 radical (unpaired) electrons. The predicted octanol–water partition coefficient (Wildman–Crippen LogP) is 3.63. The number of likely N-dealkylation sites (tertiary alicyclic amines) is 1. The van der Waals surface area contributed by atoms with Crippen LogP contribution in [0.3, 0.4) is 0 Å². The lowest BCUT2D eigenvalue weighted by Crippen LogP contribution is -2.43. The number of carbonyl (C=O) groups is 2. The van der Waals surface area contributed by atoms with Crippen molar-refractivity contribution in [2.75, 3.05) is 56.3 Å². The number of morpholine rings is 1. The van der Waals surface area contributed by atoms with E-state index in [2.05, 4.69) is 10.2 Å². The van der Waals surface area contributed by atoms with Gasteiger partial charge in [0.05, 0.1) is 42.7 Å². The van der Waals surface area contributed by atoms with E-state index < -0.39 is 6.04 Å². The van der Waals surface area contributed by atoms with Crippen molar-refractivity contribution >= 4 is 34.5 Å². The van der Waals surface area contributed by atoms with Crippen LogP contribution in [0.5, 0.6) is 11.5 Å². The number of nitrogens with zero attached hydrogens (tertiary/aromatic N) is 2. The van der Waals surface area contributed by atoms with Crippen molar-refractivity contribution in [3.8, 4) is 11.5 Å². The molecule has 4 rings (SSSR count). The molecule has 178 valence electrons. The standard InChI is InChI=1S/C24H31N3O5S/c1-3-31-20-16-19(26-10-12-30-13-11-26)21(32-4-2)15-17(20)25-23(28)18-7-5-9-27(18)24(29)22-8-6-14-33-22/h6,8,14-16,18H,3-5,7,9-13H2,1-2H3,(H,25,28)/t18-/m0/s1. The third-order valence-electron chi connectivity index (χ3n) is 5.82. The van der Waals surface area contributed by atoms with Crippen LogP contribution in [0.15, 0.2) is 29.6 Å². The number of rotatable bonds is 8. The summed E-state index contributed by atoms with van der Waals surface area (Å²) in [7, 11) is 0. The summed E-state index contributed by atoms with van der Waals surface area (Å²) in [6.45, 7) is 8.23. The quantitative estimate of drug-likeness (QED) is 0.631. The van der Waals surface area contributed by atoms with Gasteiger partial charge in [-0.2, -0.15) is 0 Å². The Morgan fingerprint density at radius 2 is 1.88 bits per heavy atom. The Hall–Kier alpha value is -2.78. The minimum atomic E-state index is -0.511. The Morgan fingerprint density at radius 3 is 2.58 bits per heavy atom. The Bertz CT molecular complexity index is 959. The van der Waals surface area contributed by atoms with Gasteiger partial charge in [-0.3, -0.25) is 9.59 Å².